The average molecular weight is 487 g/mol. The van der Waals surface area contributed by atoms with Gasteiger partial charge in [0.1, 0.15) is 0 Å². The first-order valence-electron chi connectivity index (χ1n) is 7.41. The van der Waals surface area contributed by atoms with Crippen molar-refractivity contribution in [1.29, 1.82) is 0 Å². The molecule has 0 saturated heterocycles. The van der Waals surface area contributed by atoms with E-state index in [1.54, 1.807) is 19.2 Å². The second kappa shape index (κ2) is 11.0. The summed E-state index contributed by atoms with van der Waals surface area (Å²) in [5.74, 6) is 0.663. The molecule has 136 valence electrons. The topological polar surface area (TPSA) is 65.5 Å². The minimum Gasteiger partial charge on any atom is -0.355 e. The van der Waals surface area contributed by atoms with Crippen molar-refractivity contribution in [3.05, 3.63) is 33.8 Å². The monoisotopic (exact) mass is 486 g/mol. The number of amides is 1. The molecule has 0 radical (unpaired) electrons. The van der Waals surface area contributed by atoms with Gasteiger partial charge in [-0.25, -0.2) is 0 Å². The maximum absolute atomic E-state index is 11.7. The lowest BCUT2D eigenvalue weighted by atomic mass is 9.96. The predicted molar refractivity (Wildman–Crippen MR) is 113 cm³/mol. The highest BCUT2D eigenvalue weighted by Gasteiger charge is 2.20. The number of hydrogen-bond donors (Lipinski definition) is 3. The van der Waals surface area contributed by atoms with Gasteiger partial charge in [0.2, 0.25) is 5.91 Å². The molecule has 3 N–H and O–H groups in total. The van der Waals surface area contributed by atoms with Crippen LogP contribution in [0.25, 0.3) is 0 Å². The second-order valence-electron chi connectivity index (χ2n) is 6.09. The Kier molecular flexibility index (Phi) is 10.7. The molecule has 5 nitrogen and oxygen atoms in total. The number of aliphatic imine (C=N–C) groups is 1. The summed E-state index contributed by atoms with van der Waals surface area (Å²) in [4.78, 5) is 15.9. The molecule has 0 heterocycles. The summed E-state index contributed by atoms with van der Waals surface area (Å²) in [6.07, 6.45) is 0. The summed E-state index contributed by atoms with van der Waals surface area (Å²) in [6.45, 7) is 7.28. The maximum Gasteiger partial charge on any atom is 0.225 e. The quantitative estimate of drug-likeness (QED) is 0.258. The zero-order valence-electron chi connectivity index (χ0n) is 14.4. The van der Waals surface area contributed by atoms with Crippen LogP contribution < -0.4 is 16.0 Å². The molecule has 0 aliphatic heterocycles. The lowest BCUT2D eigenvalue weighted by molar-refractivity contribution is -0.128. The molecular formula is C16H25Cl2IN4O. The van der Waals surface area contributed by atoms with Crippen LogP contribution in [0.2, 0.25) is 10.0 Å². The Morgan fingerprint density at radius 3 is 2.29 bits per heavy atom. The minimum atomic E-state index is -0.384. The van der Waals surface area contributed by atoms with Gasteiger partial charge in [-0.15, -0.1) is 24.0 Å². The molecule has 24 heavy (non-hydrogen) atoms. The molecule has 1 aromatic rings. The van der Waals surface area contributed by atoms with E-state index in [9.17, 15) is 4.79 Å². The van der Waals surface area contributed by atoms with Crippen LogP contribution in [0.4, 0.5) is 0 Å². The van der Waals surface area contributed by atoms with Gasteiger partial charge in [-0.3, -0.25) is 9.79 Å². The van der Waals surface area contributed by atoms with Crippen LogP contribution in [0.15, 0.2) is 23.2 Å². The molecule has 0 aromatic heterocycles. The standard InChI is InChI=1S/C16H24Cl2N4O.HI/c1-16(2,3)14(23)20-7-8-21-15(19-4)22-10-11-5-6-12(17)9-13(11)18;/h5-6,9H,7-8,10H2,1-4H3,(H,20,23)(H2,19,21,22);1H. The first-order valence-corrected chi connectivity index (χ1v) is 8.16. The minimum absolute atomic E-state index is 0. The molecule has 1 rings (SSSR count). The molecule has 1 aromatic carbocycles. The third-order valence-electron chi connectivity index (χ3n) is 3.07. The van der Waals surface area contributed by atoms with Crippen molar-refractivity contribution in [1.82, 2.24) is 16.0 Å². The molecule has 0 unspecified atom stereocenters. The van der Waals surface area contributed by atoms with E-state index in [-0.39, 0.29) is 35.3 Å². The Balaban J connectivity index is 0.00000529. The largest absolute Gasteiger partial charge is 0.355 e. The van der Waals surface area contributed by atoms with Crippen molar-refractivity contribution in [2.24, 2.45) is 10.4 Å². The number of benzene rings is 1. The van der Waals surface area contributed by atoms with Gasteiger partial charge in [0, 0.05) is 42.1 Å². The van der Waals surface area contributed by atoms with Crippen molar-refractivity contribution < 1.29 is 4.79 Å². The van der Waals surface area contributed by atoms with E-state index in [0.717, 1.165) is 5.56 Å². The van der Waals surface area contributed by atoms with Gasteiger partial charge in [0.05, 0.1) is 0 Å². The van der Waals surface area contributed by atoms with E-state index in [2.05, 4.69) is 20.9 Å². The number of nitrogens with zero attached hydrogens (tertiary/aromatic N) is 1. The Morgan fingerprint density at radius 1 is 1.12 bits per heavy atom. The van der Waals surface area contributed by atoms with Crippen molar-refractivity contribution in [3.8, 4) is 0 Å². The van der Waals surface area contributed by atoms with E-state index in [1.165, 1.54) is 0 Å². The van der Waals surface area contributed by atoms with Crippen molar-refractivity contribution in [2.45, 2.75) is 27.3 Å². The van der Waals surface area contributed by atoms with Gasteiger partial charge < -0.3 is 16.0 Å². The van der Waals surface area contributed by atoms with Crippen molar-refractivity contribution in [3.63, 3.8) is 0 Å². The molecule has 8 heteroatoms. The number of hydrogen-bond acceptors (Lipinski definition) is 2. The molecule has 0 atom stereocenters. The SMILES string of the molecule is CN=C(NCCNC(=O)C(C)(C)C)NCc1ccc(Cl)cc1Cl.I. The van der Waals surface area contributed by atoms with E-state index < -0.39 is 0 Å². The first kappa shape index (κ1) is 23.3. The Morgan fingerprint density at radius 2 is 1.75 bits per heavy atom. The predicted octanol–water partition coefficient (Wildman–Crippen LogP) is 3.44. The van der Waals surface area contributed by atoms with Crippen LogP contribution in [0, 0.1) is 5.41 Å². The summed E-state index contributed by atoms with van der Waals surface area (Å²) in [5.41, 5.74) is 0.547. The van der Waals surface area contributed by atoms with Crippen LogP contribution >= 0.6 is 47.2 Å². The fraction of sp³-hybridized carbons (Fsp3) is 0.500. The highest BCUT2D eigenvalue weighted by Crippen LogP contribution is 2.20. The molecular weight excluding hydrogens is 462 g/mol. The van der Waals surface area contributed by atoms with E-state index in [0.29, 0.717) is 35.6 Å². The number of halogens is 3. The summed E-state index contributed by atoms with van der Waals surface area (Å²) < 4.78 is 0. The third kappa shape index (κ3) is 8.39. The smallest absolute Gasteiger partial charge is 0.225 e. The molecule has 0 saturated carbocycles. The fourth-order valence-corrected chi connectivity index (χ4v) is 2.16. The highest BCUT2D eigenvalue weighted by molar-refractivity contribution is 14.0. The van der Waals surface area contributed by atoms with Gasteiger partial charge in [-0.1, -0.05) is 50.0 Å². The number of rotatable bonds is 5. The Hall–Kier alpha value is -0.730. The zero-order valence-corrected chi connectivity index (χ0v) is 18.2. The number of carbonyl (C=O) groups excluding carboxylic acids is 1. The van der Waals surface area contributed by atoms with E-state index in [4.69, 9.17) is 23.2 Å². The molecule has 0 bridgehead atoms. The average Bonchev–Trinajstić information content (AvgIpc) is 2.46. The normalized spacial score (nSPS) is 11.5. The van der Waals surface area contributed by atoms with Crippen LogP contribution in [0.5, 0.6) is 0 Å². The van der Waals surface area contributed by atoms with Gasteiger partial charge in [0.15, 0.2) is 5.96 Å². The summed E-state index contributed by atoms with van der Waals surface area (Å²) in [5, 5.41) is 10.4. The van der Waals surface area contributed by atoms with Gasteiger partial charge >= 0.3 is 0 Å². The molecule has 0 spiro atoms. The lowest BCUT2D eigenvalue weighted by Crippen LogP contribution is -2.43. The summed E-state index contributed by atoms with van der Waals surface area (Å²) in [6, 6.07) is 5.37. The Labute approximate surface area is 171 Å². The fourth-order valence-electron chi connectivity index (χ4n) is 1.69. The molecule has 0 aliphatic carbocycles. The van der Waals surface area contributed by atoms with Crippen LogP contribution in [-0.4, -0.2) is 32.0 Å². The number of guanidine groups is 1. The maximum atomic E-state index is 11.7. The van der Waals surface area contributed by atoms with Crippen LogP contribution in [0.3, 0.4) is 0 Å². The molecule has 0 aliphatic rings. The van der Waals surface area contributed by atoms with Crippen molar-refractivity contribution in [2.75, 3.05) is 20.1 Å². The van der Waals surface area contributed by atoms with Gasteiger partial charge in [-0.2, -0.15) is 0 Å². The van der Waals surface area contributed by atoms with Gasteiger partial charge in [0.25, 0.3) is 0 Å². The van der Waals surface area contributed by atoms with Gasteiger partial charge in [-0.05, 0) is 17.7 Å². The van der Waals surface area contributed by atoms with Crippen LogP contribution in [0.1, 0.15) is 26.3 Å². The van der Waals surface area contributed by atoms with Crippen LogP contribution in [-0.2, 0) is 11.3 Å². The highest BCUT2D eigenvalue weighted by atomic mass is 127. The van der Waals surface area contributed by atoms with E-state index in [1.807, 2.05) is 26.8 Å². The summed E-state index contributed by atoms with van der Waals surface area (Å²) >= 11 is 12.0. The second-order valence-corrected chi connectivity index (χ2v) is 6.94. The first-order chi connectivity index (χ1) is 10.7. The molecule has 0 fully saturated rings. The number of carbonyl (C=O) groups is 1. The molecule has 1 amide bonds. The van der Waals surface area contributed by atoms with E-state index >= 15 is 0 Å². The lowest BCUT2D eigenvalue weighted by Gasteiger charge is -2.18. The number of nitrogens with one attached hydrogen (secondary N) is 3. The third-order valence-corrected chi connectivity index (χ3v) is 3.66. The zero-order chi connectivity index (χ0) is 17.5. The Bertz CT molecular complexity index is 574. The summed E-state index contributed by atoms with van der Waals surface area (Å²) in [7, 11) is 1.69. The van der Waals surface area contributed by atoms with Crippen molar-refractivity contribution >= 4 is 59.0 Å².